The van der Waals surface area contributed by atoms with E-state index in [1.165, 1.54) is 174 Å². The summed E-state index contributed by atoms with van der Waals surface area (Å²) < 4.78 is 0. The third-order valence-corrected chi connectivity index (χ3v) is 11.2. The van der Waals surface area contributed by atoms with Gasteiger partial charge in [0, 0.05) is 5.71 Å². The zero-order chi connectivity index (χ0) is 38.1. The average molecular weight is 718 g/mol. The number of hydrogen-bond acceptors (Lipinski definition) is 1. The lowest BCUT2D eigenvalue weighted by Crippen LogP contribution is -2.04. The lowest BCUT2D eigenvalue weighted by Gasteiger charge is -2.18. The molecule has 1 heteroatoms. The van der Waals surface area contributed by atoms with Crippen molar-refractivity contribution >= 4 is 17.5 Å². The number of nitrogens with zero attached hydrogens (tertiary/aromatic N) is 1. The van der Waals surface area contributed by atoms with Crippen molar-refractivity contribution in [1.29, 1.82) is 0 Å². The van der Waals surface area contributed by atoms with Crippen molar-refractivity contribution < 1.29 is 0 Å². The van der Waals surface area contributed by atoms with Gasteiger partial charge in [-0.3, -0.25) is 4.99 Å². The van der Waals surface area contributed by atoms with E-state index in [-0.39, 0.29) is 0 Å². The van der Waals surface area contributed by atoms with Crippen LogP contribution in [0.5, 0.6) is 0 Å². The number of benzene rings is 3. The molecule has 0 unspecified atom stereocenters. The maximum Gasteiger partial charge on any atom is 0.0638 e. The van der Waals surface area contributed by atoms with Crippen molar-refractivity contribution in [3.05, 3.63) is 93.6 Å². The minimum atomic E-state index is 0.932. The molecule has 0 N–H and O–H groups in total. The SMILES string of the molecule is CCCCCCCCc1cc(C=C(C)C(CC)=Nc2cc(CCCC)c(-c3ccccc3)c(CCCCCC)c2)cc(CCCC)c1CCCCCC. The Morgan fingerprint density at radius 1 is 0.491 bits per heavy atom. The highest BCUT2D eigenvalue weighted by atomic mass is 14.7. The fourth-order valence-corrected chi connectivity index (χ4v) is 8.10. The number of aliphatic imine (C=N–C) groups is 1. The summed E-state index contributed by atoms with van der Waals surface area (Å²) in [7, 11) is 0. The van der Waals surface area contributed by atoms with E-state index in [2.05, 4.69) is 109 Å². The molecular formula is C52H79N. The van der Waals surface area contributed by atoms with Gasteiger partial charge in [0.25, 0.3) is 0 Å². The first-order valence-corrected chi connectivity index (χ1v) is 22.6. The molecule has 0 saturated carbocycles. The Hall–Kier alpha value is -2.93. The van der Waals surface area contributed by atoms with Gasteiger partial charge in [-0.1, -0.05) is 174 Å². The standard InChI is InChI=1S/C52H79N/c1-8-14-19-22-23-26-34-46-39-43(38-45(30-17-11-4)50(46)36-29-21-16-10-3)37-42(7)51(13-6)53-49-40-47(31-18-12-5)52(44-32-27-24-28-33-44)48(41-49)35-25-20-15-9-2/h24,27-28,32-33,37-41H,8-23,25-26,29-31,34-36H2,1-7H3. The minimum absolute atomic E-state index is 0.932. The van der Waals surface area contributed by atoms with Crippen molar-refractivity contribution in [3.63, 3.8) is 0 Å². The first-order chi connectivity index (χ1) is 26.0. The second-order valence-electron chi connectivity index (χ2n) is 15.9. The molecule has 0 bridgehead atoms. The summed E-state index contributed by atoms with van der Waals surface area (Å²) in [4.78, 5) is 5.49. The number of aryl methyl sites for hydroxylation is 4. The zero-order valence-corrected chi connectivity index (χ0v) is 35.7. The van der Waals surface area contributed by atoms with E-state index >= 15 is 0 Å². The molecule has 3 aromatic rings. The highest BCUT2D eigenvalue weighted by Crippen LogP contribution is 2.35. The van der Waals surface area contributed by atoms with E-state index in [1.807, 2.05) is 0 Å². The Balaban J connectivity index is 2.06. The van der Waals surface area contributed by atoms with Crippen LogP contribution >= 0.6 is 0 Å². The second kappa shape index (κ2) is 26.8. The van der Waals surface area contributed by atoms with Crippen LogP contribution in [0.4, 0.5) is 5.69 Å². The number of rotatable bonds is 28. The minimum Gasteiger partial charge on any atom is -0.253 e. The summed E-state index contributed by atoms with van der Waals surface area (Å²) in [6, 6.07) is 21.1. The summed E-state index contributed by atoms with van der Waals surface area (Å²) in [5.74, 6) is 0. The van der Waals surface area contributed by atoms with Crippen LogP contribution in [-0.2, 0) is 32.1 Å². The van der Waals surface area contributed by atoms with Crippen molar-refractivity contribution in [1.82, 2.24) is 0 Å². The summed E-state index contributed by atoms with van der Waals surface area (Å²) in [6.07, 6.45) is 32.8. The normalized spacial score (nSPS) is 12.2. The summed E-state index contributed by atoms with van der Waals surface area (Å²) in [5.41, 5.74) is 15.7. The molecule has 1 nitrogen and oxygen atoms in total. The van der Waals surface area contributed by atoms with Crippen LogP contribution in [0, 0.1) is 0 Å². The number of unbranched alkanes of at least 4 members (excludes halogenated alkanes) is 13. The molecule has 0 radical (unpaired) electrons. The smallest absolute Gasteiger partial charge is 0.0638 e. The molecule has 3 rings (SSSR count). The molecular weight excluding hydrogens is 639 g/mol. The van der Waals surface area contributed by atoms with Gasteiger partial charge in [-0.15, -0.1) is 0 Å². The molecule has 0 fully saturated rings. The lowest BCUT2D eigenvalue weighted by atomic mass is 9.88. The van der Waals surface area contributed by atoms with E-state index in [1.54, 1.807) is 16.7 Å². The van der Waals surface area contributed by atoms with Crippen LogP contribution in [-0.4, -0.2) is 5.71 Å². The Bertz CT molecular complexity index is 1490. The van der Waals surface area contributed by atoms with Crippen molar-refractivity contribution in [2.45, 2.75) is 203 Å². The van der Waals surface area contributed by atoms with E-state index in [0.29, 0.717) is 0 Å². The third-order valence-electron chi connectivity index (χ3n) is 11.2. The van der Waals surface area contributed by atoms with E-state index < -0.39 is 0 Å². The fourth-order valence-electron chi connectivity index (χ4n) is 8.10. The molecule has 0 aromatic heterocycles. The first-order valence-electron chi connectivity index (χ1n) is 22.6. The Morgan fingerprint density at radius 2 is 0.943 bits per heavy atom. The summed E-state index contributed by atoms with van der Waals surface area (Å²) in [6.45, 7) is 16.2. The summed E-state index contributed by atoms with van der Waals surface area (Å²) >= 11 is 0. The molecule has 0 heterocycles. The van der Waals surface area contributed by atoms with E-state index in [4.69, 9.17) is 4.99 Å². The van der Waals surface area contributed by atoms with Crippen molar-refractivity contribution in [3.8, 4) is 11.1 Å². The van der Waals surface area contributed by atoms with Crippen LogP contribution in [0.3, 0.4) is 0 Å². The maximum atomic E-state index is 5.49. The first kappa shape index (κ1) is 44.5. The van der Waals surface area contributed by atoms with Gasteiger partial charge in [-0.2, -0.15) is 0 Å². The van der Waals surface area contributed by atoms with Crippen LogP contribution in [0.25, 0.3) is 17.2 Å². The van der Waals surface area contributed by atoms with Crippen LogP contribution in [0.1, 0.15) is 204 Å². The van der Waals surface area contributed by atoms with Crippen LogP contribution in [0.2, 0.25) is 0 Å². The van der Waals surface area contributed by atoms with Gasteiger partial charge in [-0.25, -0.2) is 0 Å². The molecule has 0 spiro atoms. The van der Waals surface area contributed by atoms with Gasteiger partial charge in [0.15, 0.2) is 0 Å². The lowest BCUT2D eigenvalue weighted by molar-refractivity contribution is 0.604. The number of allylic oxidation sites excluding steroid dienone is 1. The second-order valence-corrected chi connectivity index (χ2v) is 15.9. The zero-order valence-electron chi connectivity index (χ0n) is 35.7. The molecule has 292 valence electrons. The van der Waals surface area contributed by atoms with Crippen molar-refractivity contribution in [2.75, 3.05) is 0 Å². The van der Waals surface area contributed by atoms with E-state index in [0.717, 1.165) is 24.9 Å². The molecule has 53 heavy (non-hydrogen) atoms. The quantitative estimate of drug-likeness (QED) is 0.0524. The van der Waals surface area contributed by atoms with Gasteiger partial charge in [0.05, 0.1) is 5.69 Å². The molecule has 0 amide bonds. The molecule has 0 aliphatic rings. The van der Waals surface area contributed by atoms with Gasteiger partial charge < -0.3 is 0 Å². The monoisotopic (exact) mass is 718 g/mol. The largest absolute Gasteiger partial charge is 0.253 e. The van der Waals surface area contributed by atoms with E-state index in [9.17, 15) is 0 Å². The van der Waals surface area contributed by atoms with Gasteiger partial charge in [0.1, 0.15) is 0 Å². The summed E-state index contributed by atoms with van der Waals surface area (Å²) in [5, 5.41) is 0. The Morgan fingerprint density at radius 3 is 1.49 bits per heavy atom. The molecule has 3 aromatic carbocycles. The fraction of sp³-hybridized carbons (Fsp3) is 0.596. The predicted octanol–water partition coefficient (Wildman–Crippen LogP) is 16.8. The molecule has 0 saturated heterocycles. The van der Waals surface area contributed by atoms with Gasteiger partial charge in [0.2, 0.25) is 0 Å². The van der Waals surface area contributed by atoms with Crippen LogP contribution in [0.15, 0.2) is 65.2 Å². The average Bonchev–Trinajstić information content (AvgIpc) is 3.17. The molecule has 0 atom stereocenters. The van der Waals surface area contributed by atoms with Crippen molar-refractivity contribution in [2.24, 2.45) is 4.99 Å². The van der Waals surface area contributed by atoms with Crippen LogP contribution < -0.4 is 0 Å². The number of hydrogen-bond donors (Lipinski definition) is 0. The van der Waals surface area contributed by atoms with Gasteiger partial charge >= 0.3 is 0 Å². The molecule has 0 aliphatic carbocycles. The molecule has 0 aliphatic heterocycles. The predicted molar refractivity (Wildman–Crippen MR) is 239 cm³/mol. The van der Waals surface area contributed by atoms with Gasteiger partial charge in [-0.05, 0) is 140 Å². The Kier molecular flexibility index (Phi) is 22.5. The maximum absolute atomic E-state index is 5.49. The highest BCUT2D eigenvalue weighted by molar-refractivity contribution is 6.04. The topological polar surface area (TPSA) is 12.4 Å². The third kappa shape index (κ3) is 15.8. The Labute approximate surface area is 328 Å². The highest BCUT2D eigenvalue weighted by Gasteiger charge is 2.15.